The molecule has 17 heavy (non-hydrogen) atoms. The maximum absolute atomic E-state index is 11.8. The smallest absolute Gasteiger partial charge is 0.307 e. The Bertz CT molecular complexity index is 368. The van der Waals surface area contributed by atoms with Crippen LogP contribution in [0.15, 0.2) is 0 Å². The number of carbonyl (C=O) groups excluding carboxylic acids is 2. The maximum Gasteiger partial charge on any atom is 0.307 e. The highest BCUT2D eigenvalue weighted by molar-refractivity contribution is 5.92. The second-order valence-electron chi connectivity index (χ2n) is 5.72. The summed E-state index contributed by atoms with van der Waals surface area (Å²) in [5.74, 6) is -0.868. The third kappa shape index (κ3) is 1.82. The molecule has 2 saturated heterocycles. The minimum Gasteiger partial charge on any atom is -0.449 e. The van der Waals surface area contributed by atoms with Crippen LogP contribution in [0, 0.1) is 11.8 Å². The molecule has 5 nitrogen and oxygen atoms in total. The lowest BCUT2D eigenvalue weighted by Gasteiger charge is -2.45. The number of hydrogen-bond donors (Lipinski definition) is 2. The summed E-state index contributed by atoms with van der Waals surface area (Å²) >= 11 is 0. The van der Waals surface area contributed by atoms with Crippen molar-refractivity contribution in [3.8, 4) is 0 Å². The van der Waals surface area contributed by atoms with Gasteiger partial charge in [-0.1, -0.05) is 13.8 Å². The van der Waals surface area contributed by atoms with E-state index in [0.29, 0.717) is 6.42 Å². The number of fused-ring (bicyclic) bond motifs is 1. The van der Waals surface area contributed by atoms with Gasteiger partial charge in [0, 0.05) is 12.5 Å². The number of carbonyl (C=O) groups is 2. The maximum atomic E-state index is 11.8. The molecule has 2 heterocycles. The molecule has 0 bridgehead atoms. The van der Waals surface area contributed by atoms with Gasteiger partial charge < -0.3 is 15.2 Å². The zero-order valence-electron chi connectivity index (χ0n) is 10.4. The number of nitrogens with one attached hydrogen (secondary N) is 1. The molecule has 3 atom stereocenters. The molecule has 2 unspecified atom stereocenters. The summed E-state index contributed by atoms with van der Waals surface area (Å²) in [6.45, 7) is 5.79. The van der Waals surface area contributed by atoms with Gasteiger partial charge in [-0.15, -0.1) is 0 Å². The van der Waals surface area contributed by atoms with E-state index in [4.69, 9.17) is 4.74 Å². The first-order valence-electron chi connectivity index (χ1n) is 6.00. The normalized spacial score (nSPS) is 41.1. The quantitative estimate of drug-likeness (QED) is 0.678. The highest BCUT2D eigenvalue weighted by Gasteiger charge is 2.62. The van der Waals surface area contributed by atoms with E-state index in [0.717, 1.165) is 0 Å². The number of hydrogen-bond acceptors (Lipinski definition) is 4. The van der Waals surface area contributed by atoms with Gasteiger partial charge in [0.1, 0.15) is 0 Å². The van der Waals surface area contributed by atoms with Crippen molar-refractivity contribution >= 4 is 11.9 Å². The highest BCUT2D eigenvalue weighted by atomic mass is 16.6. The van der Waals surface area contributed by atoms with Crippen molar-refractivity contribution in [1.82, 2.24) is 5.32 Å². The van der Waals surface area contributed by atoms with Crippen LogP contribution in [0.1, 0.15) is 33.6 Å². The predicted molar refractivity (Wildman–Crippen MR) is 60.0 cm³/mol. The summed E-state index contributed by atoms with van der Waals surface area (Å²) in [6, 6.07) is 0. The minimum absolute atomic E-state index is 0.118. The topological polar surface area (TPSA) is 75.6 Å². The SMILES string of the molecule is CC(C)CC1(O)CNC(=O)[C@@]2(C)OC(=O)CC12. The van der Waals surface area contributed by atoms with Crippen molar-refractivity contribution in [3.63, 3.8) is 0 Å². The second-order valence-corrected chi connectivity index (χ2v) is 5.72. The van der Waals surface area contributed by atoms with Gasteiger partial charge in [-0.25, -0.2) is 0 Å². The van der Waals surface area contributed by atoms with Crippen LogP contribution in [0.2, 0.25) is 0 Å². The Morgan fingerprint density at radius 3 is 2.76 bits per heavy atom. The summed E-state index contributed by atoms with van der Waals surface area (Å²) in [5, 5.41) is 13.3. The Balaban J connectivity index is 2.33. The molecule has 0 aromatic carbocycles. The minimum atomic E-state index is -1.21. The number of piperidine rings is 1. The molecular weight excluding hydrogens is 222 g/mol. The first-order valence-corrected chi connectivity index (χ1v) is 6.00. The fourth-order valence-corrected chi connectivity index (χ4v) is 3.07. The Kier molecular flexibility index (Phi) is 2.69. The number of amides is 1. The van der Waals surface area contributed by atoms with Gasteiger partial charge in [0.05, 0.1) is 12.0 Å². The van der Waals surface area contributed by atoms with Gasteiger partial charge >= 0.3 is 5.97 Å². The Labute approximate surface area is 101 Å². The van der Waals surface area contributed by atoms with E-state index in [2.05, 4.69) is 5.32 Å². The zero-order chi connectivity index (χ0) is 12.8. The molecule has 0 radical (unpaired) electrons. The second kappa shape index (κ2) is 3.70. The first-order chi connectivity index (χ1) is 7.78. The molecular formula is C12H19NO4. The summed E-state index contributed by atoms with van der Waals surface area (Å²) in [4.78, 5) is 23.2. The molecule has 2 rings (SSSR count). The molecule has 0 aromatic heterocycles. The number of esters is 1. The molecule has 2 N–H and O–H groups in total. The van der Waals surface area contributed by atoms with Gasteiger partial charge in [0.25, 0.3) is 5.91 Å². The van der Waals surface area contributed by atoms with Crippen molar-refractivity contribution < 1.29 is 19.4 Å². The van der Waals surface area contributed by atoms with Crippen LogP contribution in [0.5, 0.6) is 0 Å². The first kappa shape index (κ1) is 12.4. The average molecular weight is 241 g/mol. The third-order valence-electron chi connectivity index (χ3n) is 3.78. The molecule has 2 fully saturated rings. The lowest BCUT2D eigenvalue weighted by atomic mass is 9.69. The molecule has 0 saturated carbocycles. The van der Waals surface area contributed by atoms with E-state index in [9.17, 15) is 14.7 Å². The van der Waals surface area contributed by atoms with Crippen LogP contribution < -0.4 is 5.32 Å². The molecule has 0 aromatic rings. The summed E-state index contributed by atoms with van der Waals surface area (Å²) < 4.78 is 5.13. The van der Waals surface area contributed by atoms with Crippen molar-refractivity contribution in [2.75, 3.05) is 6.54 Å². The molecule has 96 valence electrons. The Morgan fingerprint density at radius 1 is 1.53 bits per heavy atom. The van der Waals surface area contributed by atoms with Gasteiger partial charge in [0.2, 0.25) is 0 Å². The number of aliphatic hydroxyl groups is 1. The van der Waals surface area contributed by atoms with Gasteiger partial charge in [-0.3, -0.25) is 9.59 Å². The summed E-state index contributed by atoms with van der Waals surface area (Å²) in [5.41, 5.74) is -2.26. The predicted octanol–water partition coefficient (Wildman–Crippen LogP) is 0.215. The van der Waals surface area contributed by atoms with Crippen LogP contribution in [0.3, 0.4) is 0 Å². The van der Waals surface area contributed by atoms with Crippen LogP contribution in [0.4, 0.5) is 0 Å². The standard InChI is InChI=1S/C12H19NO4/c1-7(2)5-12(16)6-13-10(15)11(3)8(12)4-9(14)17-11/h7-8,16H,4-6H2,1-3H3,(H,13,15)/t8?,11-,12?/m0/s1. The van der Waals surface area contributed by atoms with Crippen molar-refractivity contribution in [3.05, 3.63) is 0 Å². The van der Waals surface area contributed by atoms with Gasteiger partial charge in [0.15, 0.2) is 5.60 Å². The monoisotopic (exact) mass is 241 g/mol. The van der Waals surface area contributed by atoms with Crippen LogP contribution in [0.25, 0.3) is 0 Å². The van der Waals surface area contributed by atoms with Crippen LogP contribution in [-0.2, 0) is 14.3 Å². The highest BCUT2D eigenvalue weighted by Crippen LogP contribution is 2.44. The lowest BCUT2D eigenvalue weighted by molar-refractivity contribution is -0.173. The van der Waals surface area contributed by atoms with E-state index < -0.39 is 23.1 Å². The molecule has 1 amide bonds. The van der Waals surface area contributed by atoms with E-state index in [1.165, 1.54) is 0 Å². The van der Waals surface area contributed by atoms with E-state index >= 15 is 0 Å². The summed E-state index contributed by atoms with van der Waals surface area (Å²) in [7, 11) is 0. The zero-order valence-corrected chi connectivity index (χ0v) is 10.4. The molecule has 2 aliphatic rings. The van der Waals surface area contributed by atoms with E-state index in [1.807, 2.05) is 13.8 Å². The number of ether oxygens (including phenoxy) is 1. The van der Waals surface area contributed by atoms with Crippen molar-refractivity contribution in [2.45, 2.75) is 44.8 Å². The summed E-state index contributed by atoms with van der Waals surface area (Å²) in [6.07, 6.45) is 0.664. The van der Waals surface area contributed by atoms with Gasteiger partial charge in [-0.2, -0.15) is 0 Å². The van der Waals surface area contributed by atoms with Crippen molar-refractivity contribution in [1.29, 1.82) is 0 Å². The van der Waals surface area contributed by atoms with Gasteiger partial charge in [-0.05, 0) is 19.3 Å². The largest absolute Gasteiger partial charge is 0.449 e. The Hall–Kier alpha value is -1.10. The average Bonchev–Trinajstić information content (AvgIpc) is 2.50. The van der Waals surface area contributed by atoms with Crippen LogP contribution in [-0.4, -0.2) is 34.7 Å². The molecule has 5 heteroatoms. The third-order valence-corrected chi connectivity index (χ3v) is 3.78. The Morgan fingerprint density at radius 2 is 2.18 bits per heavy atom. The fraction of sp³-hybridized carbons (Fsp3) is 0.833. The van der Waals surface area contributed by atoms with Crippen molar-refractivity contribution in [2.24, 2.45) is 11.8 Å². The number of rotatable bonds is 2. The lowest BCUT2D eigenvalue weighted by Crippen LogP contribution is -2.66. The van der Waals surface area contributed by atoms with E-state index in [1.54, 1.807) is 6.92 Å². The van der Waals surface area contributed by atoms with E-state index in [-0.39, 0.29) is 24.8 Å². The molecule has 0 aliphatic carbocycles. The molecule has 0 spiro atoms. The number of β-amino-alcohol motifs (C(OH)–C–C–N with tert-alkyl or cyclic N) is 1. The van der Waals surface area contributed by atoms with Crippen LogP contribution >= 0.6 is 0 Å². The fourth-order valence-electron chi connectivity index (χ4n) is 3.07. The molecule has 2 aliphatic heterocycles.